The van der Waals surface area contributed by atoms with Gasteiger partial charge in [-0.05, 0) is 42.0 Å². The fraction of sp³-hybridized carbons (Fsp3) is 0.217. The predicted octanol–water partition coefficient (Wildman–Crippen LogP) is 5.27. The monoisotopic (exact) mass is 446 g/mol. The Labute approximate surface area is 180 Å². The predicted molar refractivity (Wildman–Crippen MR) is 107 cm³/mol. The molecule has 0 saturated heterocycles. The summed E-state index contributed by atoms with van der Waals surface area (Å²) >= 11 is 0. The second kappa shape index (κ2) is 8.86. The molecule has 0 radical (unpaired) electrons. The quantitative estimate of drug-likeness (QED) is 0.485. The molecule has 0 saturated carbocycles. The van der Waals surface area contributed by atoms with Crippen LogP contribution in [0.25, 0.3) is 0 Å². The molecule has 1 aliphatic heterocycles. The molecule has 1 amide bonds. The molecule has 0 unspecified atom stereocenters. The largest absolute Gasteiger partial charge is 0.459 e. The molecule has 3 aromatic rings. The molecule has 1 aliphatic rings. The van der Waals surface area contributed by atoms with Crippen molar-refractivity contribution in [2.75, 3.05) is 6.54 Å². The van der Waals surface area contributed by atoms with Crippen LogP contribution in [0.1, 0.15) is 33.7 Å². The first-order chi connectivity index (χ1) is 15.3. The van der Waals surface area contributed by atoms with Crippen LogP contribution >= 0.6 is 0 Å². The van der Waals surface area contributed by atoms with Gasteiger partial charge in [-0.3, -0.25) is 4.79 Å². The van der Waals surface area contributed by atoms with E-state index < -0.39 is 29.6 Å². The van der Waals surface area contributed by atoms with Crippen LogP contribution in [0.15, 0.2) is 76.5 Å². The third kappa shape index (κ3) is 4.99. The van der Waals surface area contributed by atoms with E-state index in [0.29, 0.717) is 23.3 Å². The maximum atomic E-state index is 13.5. The van der Waals surface area contributed by atoms with Crippen molar-refractivity contribution in [1.29, 1.82) is 0 Å². The van der Waals surface area contributed by atoms with E-state index in [1.54, 1.807) is 18.2 Å². The summed E-state index contributed by atoms with van der Waals surface area (Å²) in [5, 5.41) is 4.01. The van der Waals surface area contributed by atoms with Crippen molar-refractivity contribution in [3.8, 4) is 0 Å². The Morgan fingerprint density at radius 3 is 2.53 bits per heavy atom. The normalized spacial score (nSPS) is 15.9. The minimum Gasteiger partial charge on any atom is -0.459 e. The van der Waals surface area contributed by atoms with Crippen molar-refractivity contribution in [2.24, 2.45) is 5.16 Å². The fourth-order valence-corrected chi connectivity index (χ4v) is 3.41. The summed E-state index contributed by atoms with van der Waals surface area (Å²) in [6, 6.07) is 13.6. The van der Waals surface area contributed by atoms with Crippen LogP contribution in [0.5, 0.6) is 0 Å². The van der Waals surface area contributed by atoms with E-state index in [0.717, 1.165) is 12.1 Å². The van der Waals surface area contributed by atoms with Gasteiger partial charge in [-0.25, -0.2) is 4.39 Å². The van der Waals surface area contributed by atoms with Crippen LogP contribution in [0.2, 0.25) is 0 Å². The zero-order valence-corrected chi connectivity index (χ0v) is 16.7. The Hall–Kier alpha value is -3.62. The van der Waals surface area contributed by atoms with E-state index in [1.165, 1.54) is 41.5 Å². The minimum atomic E-state index is -4.44. The van der Waals surface area contributed by atoms with Gasteiger partial charge in [0.25, 0.3) is 5.91 Å². The summed E-state index contributed by atoms with van der Waals surface area (Å²) in [5.74, 6) is -0.732. The molecule has 0 aliphatic carbocycles. The smallest absolute Gasteiger partial charge is 0.416 e. The summed E-state index contributed by atoms with van der Waals surface area (Å²) in [6.45, 7) is 0.162. The molecule has 32 heavy (non-hydrogen) atoms. The Bertz CT molecular complexity index is 1110. The van der Waals surface area contributed by atoms with E-state index in [4.69, 9.17) is 9.25 Å². The van der Waals surface area contributed by atoms with Crippen molar-refractivity contribution >= 4 is 11.6 Å². The summed E-state index contributed by atoms with van der Waals surface area (Å²) in [4.78, 5) is 19.8. The summed E-state index contributed by atoms with van der Waals surface area (Å²) < 4.78 is 57.2. The van der Waals surface area contributed by atoms with Crippen LogP contribution in [0, 0.1) is 5.82 Å². The number of benzene rings is 2. The molecule has 0 spiro atoms. The average molecular weight is 446 g/mol. The highest BCUT2D eigenvalue weighted by Gasteiger charge is 2.31. The Balaban J connectivity index is 1.49. The second-order valence-corrected chi connectivity index (χ2v) is 7.34. The van der Waals surface area contributed by atoms with E-state index >= 15 is 0 Å². The van der Waals surface area contributed by atoms with Crippen molar-refractivity contribution in [2.45, 2.75) is 25.2 Å². The maximum absolute atomic E-state index is 13.5. The molecule has 4 rings (SSSR count). The molecule has 1 aromatic heterocycles. The number of furan rings is 1. The van der Waals surface area contributed by atoms with E-state index in [-0.39, 0.29) is 18.8 Å². The van der Waals surface area contributed by atoms with Gasteiger partial charge >= 0.3 is 6.18 Å². The van der Waals surface area contributed by atoms with Gasteiger partial charge in [0.1, 0.15) is 5.82 Å². The number of carbonyl (C=O) groups is 1. The number of nitrogens with zero attached hydrogens (tertiary/aromatic N) is 2. The molecular weight excluding hydrogens is 428 g/mol. The highest BCUT2D eigenvalue weighted by atomic mass is 19.4. The zero-order chi connectivity index (χ0) is 22.7. The number of rotatable bonds is 6. The lowest BCUT2D eigenvalue weighted by molar-refractivity contribution is -0.137. The first-order valence-electron chi connectivity index (χ1n) is 9.77. The van der Waals surface area contributed by atoms with Crippen LogP contribution in [-0.4, -0.2) is 29.2 Å². The number of halogens is 4. The number of hydrogen-bond acceptors (Lipinski definition) is 4. The zero-order valence-electron chi connectivity index (χ0n) is 16.7. The van der Waals surface area contributed by atoms with Crippen molar-refractivity contribution in [1.82, 2.24) is 4.90 Å². The Kier molecular flexibility index (Phi) is 5.98. The highest BCUT2D eigenvalue weighted by molar-refractivity contribution is 6.01. The van der Waals surface area contributed by atoms with Gasteiger partial charge in [-0.1, -0.05) is 29.4 Å². The molecule has 1 atom stereocenters. The summed E-state index contributed by atoms with van der Waals surface area (Å²) in [7, 11) is 0. The molecular formula is C23H18F4N2O3. The van der Waals surface area contributed by atoms with E-state index in [9.17, 15) is 22.4 Å². The molecule has 2 heterocycles. The third-order valence-corrected chi connectivity index (χ3v) is 4.99. The third-order valence-electron chi connectivity index (χ3n) is 4.99. The Morgan fingerprint density at radius 1 is 1.09 bits per heavy atom. The van der Waals surface area contributed by atoms with Crippen molar-refractivity contribution in [3.05, 3.63) is 95.2 Å². The molecule has 166 valence electrons. The van der Waals surface area contributed by atoms with Crippen LogP contribution in [-0.2, 0) is 17.6 Å². The summed E-state index contributed by atoms with van der Waals surface area (Å²) in [5.41, 5.74) is 0.883. The molecule has 0 N–H and O–H groups in total. The van der Waals surface area contributed by atoms with Gasteiger partial charge in [0, 0.05) is 18.5 Å². The first-order valence-corrected chi connectivity index (χ1v) is 9.77. The fourth-order valence-electron chi connectivity index (χ4n) is 3.41. The Morgan fingerprint density at radius 2 is 1.88 bits per heavy atom. The van der Waals surface area contributed by atoms with Crippen molar-refractivity contribution in [3.63, 3.8) is 0 Å². The molecule has 2 aromatic carbocycles. The number of amides is 1. The van der Waals surface area contributed by atoms with Gasteiger partial charge in [-0.15, -0.1) is 0 Å². The standard InChI is InChI=1S/C23H18F4N2O3/c24-18-4-1-3-16(11-18)20-12-19(32-28-20)14-29(22(30)21-5-2-10-31-21)13-15-6-8-17(9-7-15)23(25,26)27/h1-11,19H,12-14H2/t19-/m1/s1. The second-order valence-electron chi connectivity index (χ2n) is 7.34. The number of hydrogen-bond donors (Lipinski definition) is 0. The van der Waals surface area contributed by atoms with Crippen LogP contribution in [0.3, 0.4) is 0 Å². The maximum Gasteiger partial charge on any atom is 0.416 e. The molecule has 0 fully saturated rings. The van der Waals surface area contributed by atoms with Crippen LogP contribution < -0.4 is 0 Å². The lowest BCUT2D eigenvalue weighted by Crippen LogP contribution is -2.37. The molecule has 9 heteroatoms. The lowest BCUT2D eigenvalue weighted by Gasteiger charge is -2.24. The van der Waals surface area contributed by atoms with Gasteiger partial charge in [0.2, 0.25) is 0 Å². The van der Waals surface area contributed by atoms with Gasteiger partial charge in [0.15, 0.2) is 11.9 Å². The average Bonchev–Trinajstić information content (AvgIpc) is 3.45. The number of alkyl halides is 3. The topological polar surface area (TPSA) is 55.0 Å². The SMILES string of the molecule is O=C(c1ccco1)N(Cc1ccc(C(F)(F)F)cc1)C[C@H]1CC(c2cccc(F)c2)=NO1. The number of carbonyl (C=O) groups excluding carboxylic acids is 1. The first kappa shape index (κ1) is 21.6. The highest BCUT2D eigenvalue weighted by Crippen LogP contribution is 2.29. The summed E-state index contributed by atoms with van der Waals surface area (Å²) in [6.07, 6.45) is -3.23. The lowest BCUT2D eigenvalue weighted by atomic mass is 10.0. The van der Waals surface area contributed by atoms with Gasteiger partial charge in [-0.2, -0.15) is 13.2 Å². The molecule has 0 bridgehead atoms. The van der Waals surface area contributed by atoms with Gasteiger partial charge < -0.3 is 14.2 Å². The van der Waals surface area contributed by atoms with E-state index in [1.807, 2.05) is 0 Å². The molecule has 5 nitrogen and oxygen atoms in total. The minimum absolute atomic E-state index is 0.0484. The number of oxime groups is 1. The van der Waals surface area contributed by atoms with E-state index in [2.05, 4.69) is 5.16 Å². The van der Waals surface area contributed by atoms with Gasteiger partial charge in [0.05, 0.1) is 24.1 Å². The van der Waals surface area contributed by atoms with Crippen LogP contribution in [0.4, 0.5) is 17.6 Å². The van der Waals surface area contributed by atoms with Crippen molar-refractivity contribution < 1.29 is 31.6 Å².